The predicted octanol–water partition coefficient (Wildman–Crippen LogP) is 5.70. The molecule has 3 aromatic rings. The molecule has 0 aliphatic rings. The Labute approximate surface area is 207 Å². The molecule has 6 nitrogen and oxygen atoms in total. The molecule has 1 heterocycles. The Hall–Kier alpha value is -2.42. The number of nitrogens with one attached hydrogen (secondary N) is 1. The first-order valence-corrected chi connectivity index (χ1v) is 13.9. The van der Waals surface area contributed by atoms with Crippen LogP contribution in [0.3, 0.4) is 0 Å². The third-order valence-electron chi connectivity index (χ3n) is 5.82. The second-order valence-electron chi connectivity index (χ2n) is 8.37. The van der Waals surface area contributed by atoms with Gasteiger partial charge in [0.15, 0.2) is 0 Å². The molecule has 1 atom stereocenters. The maximum absolute atomic E-state index is 13.0. The van der Waals surface area contributed by atoms with E-state index in [1.807, 2.05) is 26.8 Å². The average Bonchev–Trinajstić information content (AvgIpc) is 2.79. The molecule has 0 spiro atoms. The van der Waals surface area contributed by atoms with Crippen LogP contribution in [0, 0.1) is 20.8 Å². The van der Waals surface area contributed by atoms with E-state index in [4.69, 9.17) is 4.98 Å². The molecule has 2 aromatic carbocycles. The second kappa shape index (κ2) is 10.9. The van der Waals surface area contributed by atoms with Crippen molar-refractivity contribution in [3.8, 4) is 0 Å². The van der Waals surface area contributed by atoms with Gasteiger partial charge in [-0.25, -0.2) is 13.4 Å². The number of fused-ring (bicyclic) bond motifs is 1. The number of thioether (sulfide) groups is 1. The lowest BCUT2D eigenvalue weighted by Gasteiger charge is -2.19. The number of sulfonamides is 1. The van der Waals surface area contributed by atoms with Crippen molar-refractivity contribution in [2.75, 3.05) is 18.4 Å². The number of carbonyl (C=O) groups is 1. The van der Waals surface area contributed by atoms with Gasteiger partial charge in [0.1, 0.15) is 0 Å². The largest absolute Gasteiger partial charge is 0.325 e. The number of aromatic nitrogens is 1. The molecule has 0 saturated carbocycles. The molecule has 3 rings (SSSR count). The minimum absolute atomic E-state index is 0.132. The van der Waals surface area contributed by atoms with E-state index in [1.165, 1.54) is 33.8 Å². The van der Waals surface area contributed by atoms with Gasteiger partial charge in [0.25, 0.3) is 0 Å². The number of hydrogen-bond donors (Lipinski definition) is 1. The zero-order valence-electron chi connectivity index (χ0n) is 20.7. The molecule has 8 heteroatoms. The molecule has 1 N–H and O–H groups in total. The van der Waals surface area contributed by atoms with Crippen LogP contribution >= 0.6 is 11.8 Å². The lowest BCUT2D eigenvalue weighted by atomic mass is 10.0. The summed E-state index contributed by atoms with van der Waals surface area (Å²) in [5, 5.41) is 4.56. The lowest BCUT2D eigenvalue weighted by molar-refractivity contribution is -0.115. The van der Waals surface area contributed by atoms with E-state index in [9.17, 15) is 13.2 Å². The van der Waals surface area contributed by atoms with Crippen LogP contribution in [0.15, 0.2) is 52.4 Å². The van der Waals surface area contributed by atoms with Gasteiger partial charge in [-0.1, -0.05) is 44.2 Å². The van der Waals surface area contributed by atoms with Gasteiger partial charge in [0.2, 0.25) is 15.9 Å². The fourth-order valence-electron chi connectivity index (χ4n) is 3.99. The highest BCUT2D eigenvalue weighted by atomic mass is 32.2. The summed E-state index contributed by atoms with van der Waals surface area (Å²) in [4.78, 5) is 18.1. The van der Waals surface area contributed by atoms with E-state index in [0.717, 1.165) is 27.1 Å². The van der Waals surface area contributed by atoms with E-state index >= 15 is 0 Å². The number of pyridine rings is 1. The molecule has 0 bridgehead atoms. The Morgan fingerprint density at radius 3 is 2.24 bits per heavy atom. The molecule has 1 unspecified atom stereocenters. The summed E-state index contributed by atoms with van der Waals surface area (Å²) in [6.07, 6.45) is 0.635. The van der Waals surface area contributed by atoms with Crippen molar-refractivity contribution in [2.45, 2.75) is 63.1 Å². The zero-order chi connectivity index (χ0) is 25.0. The summed E-state index contributed by atoms with van der Waals surface area (Å²) in [6, 6.07) is 12.7. The van der Waals surface area contributed by atoms with Gasteiger partial charge in [0, 0.05) is 24.2 Å². The number of rotatable bonds is 9. The van der Waals surface area contributed by atoms with Gasteiger partial charge in [-0.05, 0) is 74.7 Å². The van der Waals surface area contributed by atoms with Crippen molar-refractivity contribution in [1.29, 1.82) is 0 Å². The van der Waals surface area contributed by atoms with Crippen LogP contribution in [0.2, 0.25) is 0 Å². The van der Waals surface area contributed by atoms with Crippen molar-refractivity contribution in [3.05, 3.63) is 59.2 Å². The molecule has 182 valence electrons. The lowest BCUT2D eigenvalue weighted by Crippen LogP contribution is -2.30. The molecule has 1 aromatic heterocycles. The molecular formula is C26H33N3O3S2. The highest BCUT2D eigenvalue weighted by Gasteiger charge is 2.23. The van der Waals surface area contributed by atoms with Crippen LogP contribution in [0.1, 0.15) is 43.9 Å². The Bertz CT molecular complexity index is 1280. The fourth-order valence-corrected chi connectivity index (χ4v) is 6.46. The topological polar surface area (TPSA) is 79.4 Å². The molecule has 0 saturated heterocycles. The van der Waals surface area contributed by atoms with E-state index in [1.54, 1.807) is 12.1 Å². The Morgan fingerprint density at radius 2 is 1.65 bits per heavy atom. The van der Waals surface area contributed by atoms with Crippen LogP contribution in [-0.4, -0.2) is 42.0 Å². The quantitative estimate of drug-likeness (QED) is 0.382. The number of anilines is 1. The Morgan fingerprint density at radius 1 is 1.00 bits per heavy atom. The SMILES string of the molecule is CCC(Sc1cc(C)c2cc(C)cc(C)c2n1)C(=O)Nc1ccc(S(=O)(=O)N(CC)CC)cc1. The Kier molecular flexibility index (Phi) is 8.38. The molecule has 34 heavy (non-hydrogen) atoms. The molecule has 1 amide bonds. The number of carbonyl (C=O) groups excluding carboxylic acids is 1. The number of aryl methyl sites for hydroxylation is 3. The maximum Gasteiger partial charge on any atom is 0.243 e. The first kappa shape index (κ1) is 26.2. The molecular weight excluding hydrogens is 466 g/mol. The molecule has 0 aliphatic heterocycles. The van der Waals surface area contributed by atoms with Crippen LogP contribution in [0.4, 0.5) is 5.69 Å². The maximum atomic E-state index is 13.0. The van der Waals surface area contributed by atoms with Gasteiger partial charge in [-0.3, -0.25) is 4.79 Å². The summed E-state index contributed by atoms with van der Waals surface area (Å²) in [5.74, 6) is -0.132. The third-order valence-corrected chi connectivity index (χ3v) is 9.17. The van der Waals surface area contributed by atoms with Crippen molar-refractivity contribution in [2.24, 2.45) is 0 Å². The molecule has 0 radical (unpaired) electrons. The number of nitrogens with zero attached hydrogens (tertiary/aromatic N) is 2. The first-order valence-electron chi connectivity index (χ1n) is 11.6. The van der Waals surface area contributed by atoms with Gasteiger partial charge < -0.3 is 5.32 Å². The monoisotopic (exact) mass is 499 g/mol. The molecule has 0 aliphatic carbocycles. The normalized spacial score (nSPS) is 12.8. The number of amides is 1. The van der Waals surface area contributed by atoms with Gasteiger partial charge >= 0.3 is 0 Å². The van der Waals surface area contributed by atoms with Crippen LogP contribution in [0.25, 0.3) is 10.9 Å². The minimum atomic E-state index is -3.53. The average molecular weight is 500 g/mol. The zero-order valence-corrected chi connectivity index (χ0v) is 22.3. The first-order chi connectivity index (χ1) is 16.1. The van der Waals surface area contributed by atoms with E-state index < -0.39 is 10.0 Å². The standard InChI is InChI=1S/C26H33N3O3S2/c1-7-23(33-24-16-18(5)22-15-17(4)14-19(6)25(22)28-24)26(30)27-20-10-12-21(13-11-20)34(31,32)29(8-2)9-3/h10-16,23H,7-9H2,1-6H3,(H,27,30). The molecule has 0 fully saturated rings. The highest BCUT2D eigenvalue weighted by molar-refractivity contribution is 8.00. The summed E-state index contributed by atoms with van der Waals surface area (Å²) in [5.41, 5.74) is 5.00. The smallest absolute Gasteiger partial charge is 0.243 e. The van der Waals surface area contributed by atoms with E-state index in [-0.39, 0.29) is 16.1 Å². The van der Waals surface area contributed by atoms with Crippen LogP contribution in [0.5, 0.6) is 0 Å². The summed E-state index contributed by atoms with van der Waals surface area (Å²) < 4.78 is 26.8. The number of hydrogen-bond acceptors (Lipinski definition) is 5. The van der Waals surface area contributed by atoms with Crippen molar-refractivity contribution in [3.63, 3.8) is 0 Å². The summed E-state index contributed by atoms with van der Waals surface area (Å²) in [7, 11) is -3.53. The fraction of sp³-hybridized carbons (Fsp3) is 0.385. The summed E-state index contributed by atoms with van der Waals surface area (Å²) >= 11 is 1.45. The van der Waals surface area contributed by atoms with Crippen LogP contribution < -0.4 is 5.32 Å². The van der Waals surface area contributed by atoms with Gasteiger partial charge in [0.05, 0.1) is 20.7 Å². The van der Waals surface area contributed by atoms with E-state index in [0.29, 0.717) is 25.2 Å². The van der Waals surface area contributed by atoms with Crippen molar-refractivity contribution >= 4 is 44.3 Å². The van der Waals surface area contributed by atoms with Crippen molar-refractivity contribution in [1.82, 2.24) is 9.29 Å². The third kappa shape index (κ3) is 5.62. The van der Waals surface area contributed by atoms with Gasteiger partial charge in [-0.15, -0.1) is 0 Å². The van der Waals surface area contributed by atoms with E-state index in [2.05, 4.69) is 38.2 Å². The number of benzene rings is 2. The second-order valence-corrected chi connectivity index (χ2v) is 11.5. The van der Waals surface area contributed by atoms with Gasteiger partial charge in [-0.2, -0.15) is 4.31 Å². The predicted molar refractivity (Wildman–Crippen MR) is 141 cm³/mol. The van der Waals surface area contributed by atoms with Crippen molar-refractivity contribution < 1.29 is 13.2 Å². The highest BCUT2D eigenvalue weighted by Crippen LogP contribution is 2.30. The summed E-state index contributed by atoms with van der Waals surface area (Å²) in [6.45, 7) is 12.6. The minimum Gasteiger partial charge on any atom is -0.325 e. The van der Waals surface area contributed by atoms with Crippen LogP contribution in [-0.2, 0) is 14.8 Å². The Balaban J connectivity index is 1.77.